The number of ether oxygens (including phenoxy) is 2. The molecule has 0 fully saturated rings. The lowest BCUT2D eigenvalue weighted by Gasteiger charge is -2.18. The van der Waals surface area contributed by atoms with Gasteiger partial charge < -0.3 is 9.47 Å². The minimum atomic E-state index is -0.663. The number of hydrogen-bond acceptors (Lipinski definition) is 3. The van der Waals surface area contributed by atoms with E-state index in [2.05, 4.69) is 24.3 Å². The molecule has 108 valence electrons. The van der Waals surface area contributed by atoms with Crippen molar-refractivity contribution in [2.75, 3.05) is 0 Å². The maximum atomic E-state index is 11.7. The first-order valence-corrected chi connectivity index (χ1v) is 8.87. The summed E-state index contributed by atoms with van der Waals surface area (Å²) in [7, 11) is 0. The summed E-state index contributed by atoms with van der Waals surface area (Å²) in [6, 6.07) is 14.2. The van der Waals surface area contributed by atoms with Crippen LogP contribution in [0.3, 0.4) is 0 Å². The highest BCUT2D eigenvalue weighted by Gasteiger charge is 2.33. The molecule has 0 saturated carbocycles. The van der Waals surface area contributed by atoms with Crippen LogP contribution in [0.2, 0.25) is 0 Å². The lowest BCUT2D eigenvalue weighted by atomic mass is 10.1. The van der Waals surface area contributed by atoms with Crippen LogP contribution in [0.1, 0.15) is 20.8 Å². The predicted octanol–water partition coefficient (Wildman–Crippen LogP) is 1.11. The summed E-state index contributed by atoms with van der Waals surface area (Å²) in [6.45, 7) is 5.45. The highest BCUT2D eigenvalue weighted by Crippen LogP contribution is 2.26. The zero-order chi connectivity index (χ0) is 15.0. The van der Waals surface area contributed by atoms with E-state index in [0.29, 0.717) is 5.75 Å². The van der Waals surface area contributed by atoms with Crippen molar-refractivity contribution in [3.05, 3.63) is 49.6 Å². The molecule has 0 bridgehead atoms. The molecular weight excluding hydrogens is 379 g/mol. The van der Waals surface area contributed by atoms with Gasteiger partial charge in [-0.05, 0) is 51.1 Å². The van der Waals surface area contributed by atoms with Crippen LogP contribution in [-0.4, -0.2) is 11.8 Å². The monoisotopic (exact) mass is 395 g/mol. The van der Waals surface area contributed by atoms with E-state index in [4.69, 9.17) is 9.47 Å². The number of carbonyl (C=O) groups is 1. The molecule has 0 aromatic heterocycles. The molecule has 4 heteroatoms. The maximum absolute atomic E-state index is 11.7. The Morgan fingerprint density at radius 1 is 1.00 bits per heavy atom. The van der Waals surface area contributed by atoms with Gasteiger partial charge in [0.05, 0.1) is 0 Å². The van der Waals surface area contributed by atoms with Crippen LogP contribution in [0.25, 0.3) is 11.1 Å². The van der Waals surface area contributed by atoms with Gasteiger partial charge in [0.15, 0.2) is 0 Å². The molecule has 0 aliphatic carbocycles. The topological polar surface area (TPSA) is 35.5 Å². The molecule has 0 spiro atoms. The lowest BCUT2D eigenvalue weighted by Crippen LogP contribution is -3.61. The quantitative estimate of drug-likeness (QED) is 0.352. The van der Waals surface area contributed by atoms with Crippen LogP contribution in [0.4, 0.5) is 4.79 Å². The summed E-state index contributed by atoms with van der Waals surface area (Å²) < 4.78 is 13.2. The van der Waals surface area contributed by atoms with Crippen LogP contribution < -0.4 is 25.9 Å². The Hall–Kier alpha value is -1.56. The molecule has 1 aliphatic rings. The summed E-state index contributed by atoms with van der Waals surface area (Å²) >= 11 is -0.126. The number of benzene rings is 2. The number of fused-ring (bicyclic) bond motifs is 3. The third kappa shape index (κ3) is 3.20. The van der Waals surface area contributed by atoms with E-state index in [0.717, 1.165) is 0 Å². The Bertz CT molecular complexity index is 701. The largest absolute Gasteiger partial charge is 0.514 e. The van der Waals surface area contributed by atoms with Crippen molar-refractivity contribution < 1.29 is 35.5 Å². The van der Waals surface area contributed by atoms with Gasteiger partial charge >= 0.3 is 27.4 Å². The van der Waals surface area contributed by atoms with E-state index >= 15 is 0 Å². The normalized spacial score (nSPS) is 12.5. The SMILES string of the molecule is CC(C)(C)OC(=O)Oc1ccc2c(c1)-c1ccccc1[I+]2. The van der Waals surface area contributed by atoms with E-state index in [1.807, 2.05) is 39.0 Å². The lowest BCUT2D eigenvalue weighted by molar-refractivity contribution is -0.589. The molecule has 3 nitrogen and oxygen atoms in total. The van der Waals surface area contributed by atoms with E-state index in [9.17, 15) is 4.79 Å². The van der Waals surface area contributed by atoms with Crippen LogP contribution in [0.15, 0.2) is 42.5 Å². The van der Waals surface area contributed by atoms with Gasteiger partial charge in [-0.3, -0.25) is 0 Å². The first-order chi connectivity index (χ1) is 9.92. The average Bonchev–Trinajstić information content (AvgIpc) is 2.74. The van der Waals surface area contributed by atoms with Crippen LogP contribution in [0, 0.1) is 7.14 Å². The van der Waals surface area contributed by atoms with Gasteiger partial charge in [0.1, 0.15) is 11.4 Å². The van der Waals surface area contributed by atoms with Gasteiger partial charge in [0.25, 0.3) is 0 Å². The molecule has 0 radical (unpaired) electrons. The maximum Gasteiger partial charge on any atom is 0.514 e. The fourth-order valence-electron chi connectivity index (χ4n) is 2.10. The molecule has 0 N–H and O–H groups in total. The van der Waals surface area contributed by atoms with Gasteiger partial charge in [0.2, 0.25) is 7.14 Å². The molecule has 1 heterocycles. The Balaban J connectivity index is 1.84. The first kappa shape index (κ1) is 14.4. The van der Waals surface area contributed by atoms with E-state index in [1.165, 1.54) is 18.3 Å². The second-order valence-corrected chi connectivity index (χ2v) is 8.65. The zero-order valence-corrected chi connectivity index (χ0v) is 14.3. The van der Waals surface area contributed by atoms with Gasteiger partial charge in [-0.1, -0.05) is 12.1 Å². The zero-order valence-electron chi connectivity index (χ0n) is 12.1. The second-order valence-electron chi connectivity index (χ2n) is 5.78. The molecule has 0 saturated heterocycles. The molecule has 0 amide bonds. The summed E-state index contributed by atoms with van der Waals surface area (Å²) in [5.74, 6) is 0.531. The summed E-state index contributed by atoms with van der Waals surface area (Å²) in [5, 5.41) is 0. The number of rotatable bonds is 1. The Morgan fingerprint density at radius 2 is 1.71 bits per heavy atom. The highest BCUT2D eigenvalue weighted by molar-refractivity contribution is 5.69. The van der Waals surface area contributed by atoms with E-state index in [-0.39, 0.29) is 21.2 Å². The van der Waals surface area contributed by atoms with Crippen molar-refractivity contribution in [3.63, 3.8) is 0 Å². The van der Waals surface area contributed by atoms with Gasteiger partial charge in [-0.2, -0.15) is 0 Å². The Morgan fingerprint density at radius 3 is 2.48 bits per heavy atom. The van der Waals surface area contributed by atoms with Crippen molar-refractivity contribution in [1.82, 2.24) is 0 Å². The van der Waals surface area contributed by atoms with Crippen molar-refractivity contribution in [2.24, 2.45) is 0 Å². The number of carbonyl (C=O) groups excluding carboxylic acids is 1. The van der Waals surface area contributed by atoms with Gasteiger partial charge in [0, 0.05) is 11.1 Å². The molecule has 1 aliphatic heterocycles. The molecule has 21 heavy (non-hydrogen) atoms. The summed E-state index contributed by atoms with van der Waals surface area (Å²) in [5.41, 5.74) is 1.89. The molecule has 0 atom stereocenters. The molecular formula is C17H16IO3+. The minimum absolute atomic E-state index is 0.126. The molecule has 2 aromatic carbocycles. The Labute approximate surface area is 134 Å². The van der Waals surface area contributed by atoms with E-state index in [1.54, 1.807) is 0 Å². The fraction of sp³-hybridized carbons (Fsp3) is 0.235. The second kappa shape index (κ2) is 5.33. The third-order valence-corrected chi connectivity index (χ3v) is 5.94. The molecule has 0 unspecified atom stereocenters. The van der Waals surface area contributed by atoms with Crippen molar-refractivity contribution in [1.29, 1.82) is 0 Å². The average molecular weight is 395 g/mol. The smallest absolute Gasteiger partial charge is 0.428 e. The Kier molecular flexibility index (Phi) is 3.65. The third-order valence-electron chi connectivity index (χ3n) is 2.90. The number of hydrogen-bond donors (Lipinski definition) is 0. The fourth-order valence-corrected chi connectivity index (χ4v) is 4.97. The van der Waals surface area contributed by atoms with E-state index < -0.39 is 11.8 Å². The number of halogens is 1. The van der Waals surface area contributed by atoms with Crippen LogP contribution in [0.5, 0.6) is 5.75 Å². The first-order valence-electron chi connectivity index (χ1n) is 6.71. The van der Waals surface area contributed by atoms with Gasteiger partial charge in [-0.25, -0.2) is 4.79 Å². The predicted molar refractivity (Wildman–Crippen MR) is 76.1 cm³/mol. The van der Waals surface area contributed by atoms with Gasteiger partial charge in [-0.15, -0.1) is 0 Å². The standard InChI is InChI=1S/C17H16IO3/c1-17(2,3)21-16(19)20-11-8-9-15-13(10-11)12-6-4-5-7-14(12)18-15/h4-10H,1-3H3/q+1. The summed E-state index contributed by atoms with van der Waals surface area (Å²) in [4.78, 5) is 11.7. The molecule has 2 aromatic rings. The van der Waals surface area contributed by atoms with Crippen LogP contribution in [-0.2, 0) is 4.74 Å². The van der Waals surface area contributed by atoms with Crippen molar-refractivity contribution in [3.8, 4) is 16.9 Å². The van der Waals surface area contributed by atoms with Crippen molar-refractivity contribution in [2.45, 2.75) is 26.4 Å². The highest BCUT2D eigenvalue weighted by atomic mass is 127. The minimum Gasteiger partial charge on any atom is -0.428 e. The molecule has 3 rings (SSSR count). The van der Waals surface area contributed by atoms with Crippen LogP contribution >= 0.6 is 0 Å². The summed E-state index contributed by atoms with van der Waals surface area (Å²) in [6.07, 6.45) is -0.663. The van der Waals surface area contributed by atoms with Crippen molar-refractivity contribution >= 4 is 6.16 Å².